The van der Waals surface area contributed by atoms with E-state index in [1.807, 2.05) is 6.92 Å². The summed E-state index contributed by atoms with van der Waals surface area (Å²) >= 11 is 0. The molecule has 0 radical (unpaired) electrons. The summed E-state index contributed by atoms with van der Waals surface area (Å²) in [7, 11) is 0. The molecule has 1 aromatic heterocycles. The molecule has 1 rings (SSSR count). The van der Waals surface area contributed by atoms with Crippen LogP contribution >= 0.6 is 0 Å². The van der Waals surface area contributed by atoms with Crippen LogP contribution in [0.1, 0.15) is 71.2 Å². The van der Waals surface area contributed by atoms with Crippen LogP contribution < -0.4 is 10.6 Å². The number of hydrogen-bond donors (Lipinski definition) is 2. The minimum Gasteiger partial charge on any atom is -0.406 e. The van der Waals surface area contributed by atoms with Gasteiger partial charge in [-0.3, -0.25) is 0 Å². The average molecular weight is 268 g/mol. The molecule has 1 aromatic rings. The second-order valence-corrected chi connectivity index (χ2v) is 4.92. The quantitative estimate of drug-likeness (QED) is 0.601. The predicted octanol–water partition coefficient (Wildman–Crippen LogP) is 3.51. The van der Waals surface area contributed by atoms with Crippen molar-refractivity contribution >= 4 is 6.01 Å². The highest BCUT2D eigenvalue weighted by Crippen LogP contribution is 2.13. The summed E-state index contributed by atoms with van der Waals surface area (Å²) in [6.45, 7) is 8.12. The Balaban J connectivity index is 2.13. The molecule has 0 spiro atoms. The fourth-order valence-corrected chi connectivity index (χ4v) is 1.98. The molecule has 0 fully saturated rings. The molecule has 5 heteroatoms. The second kappa shape index (κ2) is 9.78. The van der Waals surface area contributed by atoms with Crippen molar-refractivity contribution in [2.24, 2.45) is 0 Å². The number of rotatable bonds is 11. The Morgan fingerprint density at radius 2 is 1.79 bits per heavy atom. The van der Waals surface area contributed by atoms with E-state index in [0.29, 0.717) is 11.9 Å². The van der Waals surface area contributed by atoms with Gasteiger partial charge < -0.3 is 15.1 Å². The number of anilines is 1. The summed E-state index contributed by atoms with van der Waals surface area (Å²) in [5.41, 5.74) is 0. The van der Waals surface area contributed by atoms with Crippen LogP contribution in [0.2, 0.25) is 0 Å². The highest BCUT2D eigenvalue weighted by molar-refractivity contribution is 5.16. The molecule has 0 aliphatic rings. The molecule has 0 aliphatic heterocycles. The number of hydrogen-bond acceptors (Lipinski definition) is 5. The molecule has 110 valence electrons. The average Bonchev–Trinajstić information content (AvgIpc) is 2.87. The smallest absolute Gasteiger partial charge is 0.315 e. The lowest BCUT2D eigenvalue weighted by Gasteiger charge is -2.06. The minimum atomic E-state index is 0.113. The summed E-state index contributed by atoms with van der Waals surface area (Å²) in [5.74, 6) is 0.646. The van der Waals surface area contributed by atoms with E-state index in [1.165, 1.54) is 32.1 Å². The maximum absolute atomic E-state index is 5.55. The van der Waals surface area contributed by atoms with Gasteiger partial charge in [-0.25, -0.2) is 0 Å². The zero-order valence-electron chi connectivity index (χ0n) is 12.5. The van der Waals surface area contributed by atoms with Crippen LogP contribution in [-0.2, 0) is 0 Å². The molecule has 0 amide bonds. The second-order valence-electron chi connectivity index (χ2n) is 4.92. The summed E-state index contributed by atoms with van der Waals surface area (Å²) in [5, 5.41) is 14.5. The predicted molar refractivity (Wildman–Crippen MR) is 78.3 cm³/mol. The summed E-state index contributed by atoms with van der Waals surface area (Å²) < 4.78 is 5.55. The summed E-state index contributed by atoms with van der Waals surface area (Å²) in [4.78, 5) is 0. The fraction of sp³-hybridized carbons (Fsp3) is 0.857. The van der Waals surface area contributed by atoms with Crippen molar-refractivity contribution in [3.8, 4) is 0 Å². The first kappa shape index (κ1) is 16.0. The Morgan fingerprint density at radius 1 is 1.05 bits per heavy atom. The molecule has 1 atom stereocenters. The lowest BCUT2D eigenvalue weighted by atomic mass is 10.1. The summed E-state index contributed by atoms with van der Waals surface area (Å²) in [6.07, 6.45) is 7.74. The molecule has 0 aliphatic carbocycles. The first-order chi connectivity index (χ1) is 9.27. The lowest BCUT2D eigenvalue weighted by molar-refractivity contribution is 0.428. The van der Waals surface area contributed by atoms with Gasteiger partial charge in [0.2, 0.25) is 5.89 Å². The first-order valence-electron chi connectivity index (χ1n) is 7.58. The van der Waals surface area contributed by atoms with Crippen LogP contribution in [0, 0.1) is 0 Å². The van der Waals surface area contributed by atoms with Gasteiger partial charge in [-0.1, -0.05) is 51.1 Å². The van der Waals surface area contributed by atoms with E-state index in [0.717, 1.165) is 19.5 Å². The van der Waals surface area contributed by atoms with E-state index < -0.39 is 0 Å². The van der Waals surface area contributed by atoms with E-state index in [9.17, 15) is 0 Å². The number of nitrogens with zero attached hydrogens (tertiary/aromatic N) is 2. The van der Waals surface area contributed by atoms with Crippen molar-refractivity contribution in [3.63, 3.8) is 0 Å². The molecule has 0 saturated carbocycles. The summed E-state index contributed by atoms with van der Waals surface area (Å²) in [6, 6.07) is 0.649. The standard InChI is InChI=1S/C14H28N4O/c1-4-6-7-8-9-10-11-16-14-18-17-13(19-14)12(3)15-5-2/h12,15H,4-11H2,1-3H3,(H,16,18). The zero-order chi connectivity index (χ0) is 13.9. The van der Waals surface area contributed by atoms with Crippen LogP contribution in [0.25, 0.3) is 0 Å². The van der Waals surface area contributed by atoms with Gasteiger partial charge in [0.15, 0.2) is 0 Å². The molecule has 5 nitrogen and oxygen atoms in total. The molecular weight excluding hydrogens is 240 g/mol. The molecule has 1 unspecified atom stereocenters. The number of nitrogens with one attached hydrogen (secondary N) is 2. The van der Waals surface area contributed by atoms with E-state index in [2.05, 4.69) is 34.7 Å². The SMILES string of the molecule is CCCCCCCCNc1nnc(C(C)NCC)o1. The normalized spacial score (nSPS) is 12.6. The van der Waals surface area contributed by atoms with Crippen LogP contribution in [0.3, 0.4) is 0 Å². The Labute approximate surface area is 116 Å². The van der Waals surface area contributed by atoms with Gasteiger partial charge in [-0.15, -0.1) is 5.10 Å². The van der Waals surface area contributed by atoms with Gasteiger partial charge in [0.1, 0.15) is 0 Å². The Kier molecular flexibility index (Phi) is 8.21. The third-order valence-electron chi connectivity index (χ3n) is 3.13. The Hall–Kier alpha value is -1.10. The van der Waals surface area contributed by atoms with Crippen LogP contribution in [-0.4, -0.2) is 23.3 Å². The van der Waals surface area contributed by atoms with Crippen LogP contribution in [0.5, 0.6) is 0 Å². The van der Waals surface area contributed by atoms with Gasteiger partial charge in [-0.2, -0.15) is 0 Å². The van der Waals surface area contributed by atoms with Gasteiger partial charge in [-0.05, 0) is 19.9 Å². The lowest BCUT2D eigenvalue weighted by Crippen LogP contribution is -2.17. The van der Waals surface area contributed by atoms with Gasteiger partial charge in [0, 0.05) is 6.54 Å². The Bertz CT molecular complexity index is 327. The Morgan fingerprint density at radius 3 is 2.53 bits per heavy atom. The topological polar surface area (TPSA) is 63.0 Å². The highest BCUT2D eigenvalue weighted by atomic mass is 16.4. The fourth-order valence-electron chi connectivity index (χ4n) is 1.98. The third-order valence-corrected chi connectivity index (χ3v) is 3.13. The van der Waals surface area contributed by atoms with Crippen molar-refractivity contribution in [1.82, 2.24) is 15.5 Å². The van der Waals surface area contributed by atoms with E-state index >= 15 is 0 Å². The maximum atomic E-state index is 5.55. The van der Waals surface area contributed by atoms with Crippen molar-refractivity contribution in [1.29, 1.82) is 0 Å². The zero-order valence-corrected chi connectivity index (χ0v) is 12.5. The molecule has 0 aromatic carbocycles. The van der Waals surface area contributed by atoms with E-state index in [1.54, 1.807) is 0 Å². The van der Waals surface area contributed by atoms with E-state index in [-0.39, 0.29) is 6.04 Å². The van der Waals surface area contributed by atoms with Gasteiger partial charge in [0.25, 0.3) is 0 Å². The molecule has 19 heavy (non-hydrogen) atoms. The molecule has 0 bridgehead atoms. The van der Waals surface area contributed by atoms with Crippen LogP contribution in [0.15, 0.2) is 4.42 Å². The van der Waals surface area contributed by atoms with Crippen molar-refractivity contribution in [2.45, 2.75) is 65.3 Å². The molecule has 2 N–H and O–H groups in total. The third kappa shape index (κ3) is 6.57. The highest BCUT2D eigenvalue weighted by Gasteiger charge is 2.11. The van der Waals surface area contributed by atoms with E-state index in [4.69, 9.17) is 4.42 Å². The molecule has 0 saturated heterocycles. The largest absolute Gasteiger partial charge is 0.406 e. The molecular formula is C14H28N4O. The van der Waals surface area contributed by atoms with Crippen molar-refractivity contribution in [3.05, 3.63) is 5.89 Å². The van der Waals surface area contributed by atoms with Gasteiger partial charge >= 0.3 is 6.01 Å². The maximum Gasteiger partial charge on any atom is 0.315 e. The number of aromatic nitrogens is 2. The minimum absolute atomic E-state index is 0.113. The molecule has 1 heterocycles. The van der Waals surface area contributed by atoms with Gasteiger partial charge in [0.05, 0.1) is 6.04 Å². The monoisotopic (exact) mass is 268 g/mol. The number of unbranched alkanes of at least 4 members (excludes halogenated alkanes) is 5. The van der Waals surface area contributed by atoms with Crippen LogP contribution in [0.4, 0.5) is 6.01 Å². The van der Waals surface area contributed by atoms with Crippen molar-refractivity contribution < 1.29 is 4.42 Å². The van der Waals surface area contributed by atoms with Crippen molar-refractivity contribution in [2.75, 3.05) is 18.4 Å². The first-order valence-corrected chi connectivity index (χ1v) is 7.58.